The average Bonchev–Trinajstić information content (AvgIpc) is 3.20. The Bertz CT molecular complexity index is 1250. The van der Waals surface area contributed by atoms with Crippen molar-refractivity contribution in [2.24, 2.45) is 0 Å². The van der Waals surface area contributed by atoms with Gasteiger partial charge in [-0.05, 0) is 63.1 Å². The van der Waals surface area contributed by atoms with Crippen molar-refractivity contribution in [3.05, 3.63) is 58.6 Å². The quantitative estimate of drug-likeness (QED) is 0.304. The van der Waals surface area contributed by atoms with Gasteiger partial charge in [-0.1, -0.05) is 11.6 Å². The van der Waals surface area contributed by atoms with E-state index in [1.54, 1.807) is 26.1 Å². The molecule has 4 heterocycles. The maximum Gasteiger partial charge on any atom is 0.401 e. The number of rotatable bonds is 6. The maximum absolute atomic E-state index is 13.1. The topological polar surface area (TPSA) is 50.1 Å². The minimum absolute atomic E-state index is 0.145. The summed E-state index contributed by atoms with van der Waals surface area (Å²) in [5.41, 5.74) is 4.72. The summed E-state index contributed by atoms with van der Waals surface area (Å²) in [5, 5.41) is 0.365. The van der Waals surface area contributed by atoms with E-state index >= 15 is 0 Å². The summed E-state index contributed by atoms with van der Waals surface area (Å²) in [5.74, 6) is -0.409. The first kappa shape index (κ1) is 26.4. The number of pyridine rings is 2. The molecule has 6 nitrogen and oxygen atoms in total. The predicted molar refractivity (Wildman–Crippen MR) is 133 cm³/mol. The number of aromatic nitrogens is 2. The first-order chi connectivity index (χ1) is 16.9. The van der Waals surface area contributed by atoms with Crippen molar-refractivity contribution < 1.29 is 22.7 Å². The van der Waals surface area contributed by atoms with E-state index in [0.717, 1.165) is 27.9 Å². The van der Waals surface area contributed by atoms with Gasteiger partial charge in [-0.2, -0.15) is 13.2 Å². The van der Waals surface area contributed by atoms with Crippen LogP contribution in [0, 0.1) is 6.92 Å². The number of alkyl halides is 3. The Balaban J connectivity index is 1.76. The second-order valence-corrected chi connectivity index (χ2v) is 9.86. The summed E-state index contributed by atoms with van der Waals surface area (Å²) in [6.45, 7) is 8.27. The molecule has 3 aromatic heterocycles. The number of hydrogen-bond donors (Lipinski definition) is 0. The van der Waals surface area contributed by atoms with Crippen LogP contribution in [0.15, 0.2) is 36.7 Å². The summed E-state index contributed by atoms with van der Waals surface area (Å²) in [6, 6.07) is 7.28. The Labute approximate surface area is 213 Å². The highest BCUT2D eigenvalue weighted by Gasteiger charge is 2.34. The van der Waals surface area contributed by atoms with Crippen LogP contribution in [-0.2, 0) is 4.74 Å². The molecule has 0 aliphatic carbocycles. The zero-order chi connectivity index (χ0) is 26.2. The first-order valence-corrected chi connectivity index (χ1v) is 12.3. The number of carbonyl (C=O) groups is 1. The highest BCUT2D eigenvalue weighted by Crippen LogP contribution is 2.34. The second kappa shape index (κ2) is 10.4. The van der Waals surface area contributed by atoms with Crippen LogP contribution in [0.3, 0.4) is 0 Å². The molecule has 36 heavy (non-hydrogen) atoms. The Kier molecular flexibility index (Phi) is 7.64. The van der Waals surface area contributed by atoms with Crippen molar-refractivity contribution in [3.8, 4) is 11.1 Å². The lowest BCUT2D eigenvalue weighted by Crippen LogP contribution is -2.49. The fraction of sp³-hybridized carbons (Fsp3) is 0.462. The molecular formula is C26H30ClF3N4O2. The van der Waals surface area contributed by atoms with E-state index in [1.807, 2.05) is 38.2 Å². The van der Waals surface area contributed by atoms with Gasteiger partial charge < -0.3 is 9.14 Å². The minimum atomic E-state index is -4.21. The zero-order valence-electron chi connectivity index (χ0n) is 20.8. The van der Waals surface area contributed by atoms with E-state index in [-0.39, 0.29) is 12.1 Å². The molecule has 1 fully saturated rings. The molecule has 1 aliphatic heterocycles. The summed E-state index contributed by atoms with van der Waals surface area (Å²) in [7, 11) is 0. The van der Waals surface area contributed by atoms with E-state index in [4.69, 9.17) is 16.3 Å². The molecule has 0 spiro atoms. The molecule has 1 atom stereocenters. The minimum Gasteiger partial charge on any atom is -0.459 e. The third-order valence-corrected chi connectivity index (χ3v) is 6.81. The van der Waals surface area contributed by atoms with E-state index in [1.165, 1.54) is 4.90 Å². The van der Waals surface area contributed by atoms with E-state index in [0.29, 0.717) is 36.9 Å². The van der Waals surface area contributed by atoms with Crippen molar-refractivity contribution in [1.29, 1.82) is 0 Å². The first-order valence-electron chi connectivity index (χ1n) is 11.9. The van der Waals surface area contributed by atoms with Crippen molar-refractivity contribution in [2.75, 3.05) is 32.7 Å². The zero-order valence-corrected chi connectivity index (χ0v) is 21.5. The normalized spacial score (nSPS) is 16.6. The molecule has 10 heteroatoms. The molecule has 194 valence electrons. The molecule has 0 bridgehead atoms. The van der Waals surface area contributed by atoms with Crippen LogP contribution in [0.25, 0.3) is 16.6 Å². The second-order valence-electron chi connectivity index (χ2n) is 9.48. The summed E-state index contributed by atoms with van der Waals surface area (Å²) in [4.78, 5) is 20.7. The van der Waals surface area contributed by atoms with Gasteiger partial charge >= 0.3 is 12.1 Å². The Morgan fingerprint density at radius 3 is 2.44 bits per heavy atom. The predicted octanol–water partition coefficient (Wildman–Crippen LogP) is 5.77. The fourth-order valence-electron chi connectivity index (χ4n) is 4.92. The highest BCUT2D eigenvalue weighted by atomic mass is 35.5. The highest BCUT2D eigenvalue weighted by molar-refractivity contribution is 6.29. The molecule has 0 N–H and O–H groups in total. The van der Waals surface area contributed by atoms with Crippen LogP contribution in [0.4, 0.5) is 13.2 Å². The smallest absolute Gasteiger partial charge is 0.401 e. The van der Waals surface area contributed by atoms with Gasteiger partial charge in [0.15, 0.2) is 0 Å². The molecule has 1 saturated heterocycles. The number of nitrogens with zero attached hydrogens (tertiary/aromatic N) is 4. The number of ether oxygens (including phenoxy) is 1. The SMILES string of the molecule is Cc1c(C(=O)OC(C)C)cc2c(-c3ccnc(Cl)c3)ccn2c1C(C)N1CCN(CC(F)(F)F)CC1. The van der Waals surface area contributed by atoms with Gasteiger partial charge in [-0.25, -0.2) is 9.78 Å². The lowest BCUT2D eigenvalue weighted by molar-refractivity contribution is -0.149. The van der Waals surface area contributed by atoms with Crippen molar-refractivity contribution in [3.63, 3.8) is 0 Å². The number of hydrogen-bond acceptors (Lipinski definition) is 5. The fourth-order valence-corrected chi connectivity index (χ4v) is 5.09. The van der Waals surface area contributed by atoms with Crippen LogP contribution in [0.2, 0.25) is 5.15 Å². The van der Waals surface area contributed by atoms with Crippen molar-refractivity contribution >= 4 is 23.1 Å². The number of carbonyl (C=O) groups excluding carboxylic acids is 1. The molecule has 0 aromatic carbocycles. The third-order valence-electron chi connectivity index (χ3n) is 6.61. The molecule has 3 aromatic rings. The number of esters is 1. The Hall–Kier alpha value is -2.62. The molecular weight excluding hydrogens is 493 g/mol. The van der Waals surface area contributed by atoms with Crippen LogP contribution >= 0.6 is 11.6 Å². The van der Waals surface area contributed by atoms with Crippen LogP contribution < -0.4 is 0 Å². The van der Waals surface area contributed by atoms with Gasteiger partial charge in [0.2, 0.25) is 0 Å². The molecule has 0 radical (unpaired) electrons. The standard InChI is InChI=1S/C26H30ClF3N4O2/c1-16(2)36-25(35)21-14-22-20(19-5-7-31-23(27)13-19)6-8-34(22)24(17(21)3)18(4)33-11-9-32(10-12-33)15-26(28,29)30/h5-8,13-14,16,18H,9-12,15H2,1-4H3. The van der Waals surface area contributed by atoms with Crippen LogP contribution in [0.5, 0.6) is 0 Å². The third kappa shape index (κ3) is 5.68. The summed E-state index contributed by atoms with van der Waals surface area (Å²) < 4.78 is 46.1. The molecule has 0 saturated carbocycles. The molecule has 0 amide bonds. The van der Waals surface area contributed by atoms with Gasteiger partial charge in [0, 0.05) is 55.9 Å². The van der Waals surface area contributed by atoms with Gasteiger partial charge in [-0.15, -0.1) is 0 Å². The van der Waals surface area contributed by atoms with Gasteiger partial charge in [0.05, 0.1) is 23.7 Å². The van der Waals surface area contributed by atoms with Crippen molar-refractivity contribution in [1.82, 2.24) is 19.2 Å². The van der Waals surface area contributed by atoms with E-state index in [2.05, 4.69) is 14.3 Å². The summed E-state index contributed by atoms with van der Waals surface area (Å²) in [6.07, 6.45) is -0.900. The maximum atomic E-state index is 13.1. The van der Waals surface area contributed by atoms with Gasteiger partial charge in [0.1, 0.15) is 5.15 Å². The Morgan fingerprint density at radius 1 is 1.14 bits per heavy atom. The van der Waals surface area contributed by atoms with E-state index < -0.39 is 18.7 Å². The lowest BCUT2D eigenvalue weighted by atomic mass is 9.99. The number of piperazine rings is 1. The van der Waals surface area contributed by atoms with Crippen LogP contribution in [-0.4, -0.2) is 70.2 Å². The summed E-state index contributed by atoms with van der Waals surface area (Å²) >= 11 is 6.14. The van der Waals surface area contributed by atoms with Gasteiger partial charge in [-0.3, -0.25) is 9.80 Å². The van der Waals surface area contributed by atoms with Gasteiger partial charge in [0.25, 0.3) is 0 Å². The molecule has 4 rings (SSSR count). The monoisotopic (exact) mass is 522 g/mol. The molecule has 1 aliphatic rings. The van der Waals surface area contributed by atoms with Crippen LogP contribution in [0.1, 0.15) is 48.4 Å². The largest absolute Gasteiger partial charge is 0.459 e. The number of fused-ring (bicyclic) bond motifs is 1. The van der Waals surface area contributed by atoms with E-state index in [9.17, 15) is 18.0 Å². The molecule has 1 unspecified atom stereocenters. The lowest BCUT2D eigenvalue weighted by Gasteiger charge is -2.39. The average molecular weight is 523 g/mol. The Morgan fingerprint density at radius 2 is 1.83 bits per heavy atom. The number of halogens is 4. The van der Waals surface area contributed by atoms with Crippen molar-refractivity contribution in [2.45, 2.75) is 46.0 Å².